The summed E-state index contributed by atoms with van der Waals surface area (Å²) in [6, 6.07) is 2.46. The topological polar surface area (TPSA) is 58.9 Å². The van der Waals surface area contributed by atoms with Crippen LogP contribution in [0, 0.1) is 5.82 Å². The van der Waals surface area contributed by atoms with Gasteiger partial charge in [-0.2, -0.15) is 0 Å². The molecule has 0 heterocycles. The lowest BCUT2D eigenvalue weighted by Gasteiger charge is -2.14. The molecule has 1 aromatic carbocycles. The minimum Gasteiger partial charge on any atom is -0.497 e. The molecule has 0 aliphatic rings. The molecule has 0 atom stereocenters. The third kappa shape index (κ3) is 2.40. The largest absolute Gasteiger partial charge is 0.497 e. The fourth-order valence-electron chi connectivity index (χ4n) is 1.27. The summed E-state index contributed by atoms with van der Waals surface area (Å²) in [4.78, 5) is 0. The molecule has 0 unspecified atom stereocenters. The van der Waals surface area contributed by atoms with E-state index in [1.54, 1.807) is 6.92 Å². The van der Waals surface area contributed by atoms with Gasteiger partial charge in [0.15, 0.2) is 11.6 Å². The second-order valence-electron chi connectivity index (χ2n) is 2.80. The zero-order valence-electron chi connectivity index (χ0n) is 8.53. The van der Waals surface area contributed by atoms with Gasteiger partial charge < -0.3 is 19.5 Å². The van der Waals surface area contributed by atoms with Crippen molar-refractivity contribution in [2.75, 3.05) is 13.7 Å². The van der Waals surface area contributed by atoms with Gasteiger partial charge in [0.05, 0.1) is 19.2 Å². The number of benzene rings is 1. The summed E-state index contributed by atoms with van der Waals surface area (Å²) >= 11 is 0. The molecule has 0 bridgehead atoms. The van der Waals surface area contributed by atoms with E-state index in [2.05, 4.69) is 0 Å². The molecule has 0 saturated heterocycles. The zero-order chi connectivity index (χ0) is 11.4. The van der Waals surface area contributed by atoms with Gasteiger partial charge in [-0.3, -0.25) is 0 Å². The van der Waals surface area contributed by atoms with Crippen molar-refractivity contribution >= 4 is 12.6 Å². The molecule has 1 rings (SSSR count). The highest BCUT2D eigenvalue weighted by molar-refractivity contribution is 6.61. The maximum Gasteiger partial charge on any atom is 0.496 e. The highest BCUT2D eigenvalue weighted by atomic mass is 19.1. The summed E-state index contributed by atoms with van der Waals surface area (Å²) in [5, 5.41) is 18.2. The van der Waals surface area contributed by atoms with Gasteiger partial charge >= 0.3 is 7.12 Å². The first-order chi connectivity index (χ1) is 7.11. The predicted molar refractivity (Wildman–Crippen MR) is 53.9 cm³/mol. The van der Waals surface area contributed by atoms with E-state index in [0.29, 0.717) is 0 Å². The van der Waals surface area contributed by atoms with E-state index >= 15 is 0 Å². The van der Waals surface area contributed by atoms with Crippen LogP contribution in [0.4, 0.5) is 4.39 Å². The lowest BCUT2D eigenvalue weighted by Crippen LogP contribution is -2.33. The van der Waals surface area contributed by atoms with Crippen molar-refractivity contribution in [3.8, 4) is 11.5 Å². The second-order valence-corrected chi connectivity index (χ2v) is 2.80. The van der Waals surface area contributed by atoms with Crippen molar-refractivity contribution in [3.63, 3.8) is 0 Å². The number of ether oxygens (including phenoxy) is 2. The minimum absolute atomic E-state index is 0.0978. The zero-order valence-corrected chi connectivity index (χ0v) is 8.53. The monoisotopic (exact) mass is 214 g/mol. The van der Waals surface area contributed by atoms with E-state index in [0.717, 1.165) is 6.07 Å². The van der Waals surface area contributed by atoms with Crippen molar-refractivity contribution < 1.29 is 23.9 Å². The number of rotatable bonds is 4. The van der Waals surface area contributed by atoms with Crippen LogP contribution in [0.2, 0.25) is 0 Å². The van der Waals surface area contributed by atoms with Crippen LogP contribution in [0.5, 0.6) is 11.5 Å². The van der Waals surface area contributed by atoms with Gasteiger partial charge in [0, 0.05) is 0 Å². The van der Waals surface area contributed by atoms with Gasteiger partial charge in [-0.15, -0.1) is 0 Å². The summed E-state index contributed by atoms with van der Waals surface area (Å²) in [5.41, 5.74) is -0.0978. The maximum absolute atomic E-state index is 13.3. The quantitative estimate of drug-likeness (QED) is 0.687. The third-order valence-corrected chi connectivity index (χ3v) is 1.87. The van der Waals surface area contributed by atoms with Crippen LogP contribution in [0.1, 0.15) is 6.92 Å². The fraction of sp³-hybridized carbons (Fsp3) is 0.333. The van der Waals surface area contributed by atoms with E-state index in [4.69, 9.17) is 19.5 Å². The van der Waals surface area contributed by atoms with Gasteiger partial charge in [0.2, 0.25) is 0 Å². The fourth-order valence-corrected chi connectivity index (χ4v) is 1.27. The van der Waals surface area contributed by atoms with Gasteiger partial charge in [-0.05, 0) is 19.1 Å². The molecule has 0 saturated carbocycles. The van der Waals surface area contributed by atoms with Crippen LogP contribution in [0.25, 0.3) is 0 Å². The van der Waals surface area contributed by atoms with E-state index < -0.39 is 12.9 Å². The Hall–Kier alpha value is -1.27. The number of halogens is 1. The van der Waals surface area contributed by atoms with Crippen LogP contribution in [-0.2, 0) is 0 Å². The van der Waals surface area contributed by atoms with Gasteiger partial charge in [0.25, 0.3) is 0 Å². The Kier molecular flexibility index (Phi) is 3.93. The Labute approximate surface area is 87.4 Å². The lowest BCUT2D eigenvalue weighted by molar-refractivity contribution is 0.318. The van der Waals surface area contributed by atoms with Crippen molar-refractivity contribution in [1.82, 2.24) is 0 Å². The smallest absolute Gasteiger partial charge is 0.496 e. The number of methoxy groups -OCH3 is 1. The Balaban J connectivity index is 3.30. The molecule has 15 heavy (non-hydrogen) atoms. The summed E-state index contributed by atoms with van der Waals surface area (Å²) in [6.45, 7) is 1.90. The first-order valence-electron chi connectivity index (χ1n) is 4.47. The van der Waals surface area contributed by atoms with Crippen molar-refractivity contribution in [2.24, 2.45) is 0 Å². The third-order valence-electron chi connectivity index (χ3n) is 1.87. The summed E-state index contributed by atoms with van der Waals surface area (Å²) in [5.74, 6) is -0.664. The van der Waals surface area contributed by atoms with Crippen LogP contribution < -0.4 is 14.9 Å². The molecule has 82 valence electrons. The van der Waals surface area contributed by atoms with E-state index in [9.17, 15) is 4.39 Å². The Bertz CT molecular complexity index is 343. The van der Waals surface area contributed by atoms with E-state index in [1.165, 1.54) is 13.2 Å². The van der Waals surface area contributed by atoms with Crippen LogP contribution in [-0.4, -0.2) is 30.9 Å². The molecule has 1 aromatic rings. The van der Waals surface area contributed by atoms with Gasteiger partial charge in [-0.1, -0.05) is 0 Å². The average Bonchev–Trinajstić information content (AvgIpc) is 2.20. The summed E-state index contributed by atoms with van der Waals surface area (Å²) < 4.78 is 23.2. The van der Waals surface area contributed by atoms with Crippen molar-refractivity contribution in [1.29, 1.82) is 0 Å². The number of hydrogen-bond acceptors (Lipinski definition) is 4. The highest BCUT2D eigenvalue weighted by Crippen LogP contribution is 2.21. The van der Waals surface area contributed by atoms with Crippen molar-refractivity contribution in [2.45, 2.75) is 6.92 Å². The molecule has 0 aliphatic heterocycles. The first kappa shape index (κ1) is 11.8. The average molecular weight is 214 g/mol. The molecular weight excluding hydrogens is 202 g/mol. The van der Waals surface area contributed by atoms with Gasteiger partial charge in [-0.25, -0.2) is 4.39 Å². The minimum atomic E-state index is -1.84. The van der Waals surface area contributed by atoms with E-state index in [-0.39, 0.29) is 23.6 Å². The normalized spacial score (nSPS) is 9.93. The molecule has 0 aliphatic carbocycles. The van der Waals surface area contributed by atoms with Crippen LogP contribution in [0.15, 0.2) is 12.1 Å². The molecule has 2 N–H and O–H groups in total. The number of hydrogen-bond donors (Lipinski definition) is 2. The van der Waals surface area contributed by atoms with E-state index in [1.807, 2.05) is 0 Å². The first-order valence-corrected chi connectivity index (χ1v) is 4.47. The molecule has 0 aromatic heterocycles. The molecular formula is C9H12BFO4. The standard InChI is InChI=1S/C9H12BFO4/c1-3-15-9-6(11)4-5-7(14-2)8(9)10(12)13/h4-5,12-13H,3H2,1-2H3. The Morgan fingerprint density at radius 2 is 2.07 bits per heavy atom. The predicted octanol–water partition coefficient (Wildman–Crippen LogP) is -0.0872. The maximum atomic E-state index is 13.3. The lowest BCUT2D eigenvalue weighted by atomic mass is 9.78. The molecule has 4 nitrogen and oxygen atoms in total. The van der Waals surface area contributed by atoms with Crippen LogP contribution >= 0.6 is 0 Å². The molecule has 0 radical (unpaired) electrons. The molecule has 6 heteroatoms. The summed E-state index contributed by atoms with van der Waals surface area (Å²) in [7, 11) is -0.480. The second kappa shape index (κ2) is 5.00. The molecule has 0 fully saturated rings. The van der Waals surface area contributed by atoms with Crippen LogP contribution in [0.3, 0.4) is 0 Å². The Morgan fingerprint density at radius 3 is 2.53 bits per heavy atom. The SMILES string of the molecule is CCOc1c(F)ccc(OC)c1B(O)O. The van der Waals surface area contributed by atoms with Crippen molar-refractivity contribution in [3.05, 3.63) is 17.9 Å². The molecule has 0 amide bonds. The Morgan fingerprint density at radius 1 is 1.40 bits per heavy atom. The highest BCUT2D eigenvalue weighted by Gasteiger charge is 2.25. The summed E-state index contributed by atoms with van der Waals surface area (Å²) in [6.07, 6.45) is 0. The van der Waals surface area contributed by atoms with Gasteiger partial charge in [0.1, 0.15) is 5.75 Å². The molecule has 0 spiro atoms.